The minimum absolute atomic E-state index is 0.0480. The summed E-state index contributed by atoms with van der Waals surface area (Å²) >= 11 is 0.975. The second kappa shape index (κ2) is 13.2. The Bertz CT molecular complexity index is 1740. The second-order valence-electron chi connectivity index (χ2n) is 12.8. The first-order chi connectivity index (χ1) is 21.8. The number of fused-ring (bicyclic) bond motifs is 1. The number of aryl methyl sites for hydroxylation is 1. The van der Waals surface area contributed by atoms with Gasteiger partial charge in [0.2, 0.25) is 0 Å². The number of hydrogen-bond acceptors (Lipinski definition) is 7. The van der Waals surface area contributed by atoms with Crippen LogP contribution in [0.15, 0.2) is 48.7 Å². The SMILES string of the molecule is COc1ccc(-c2ccc(N)nc2)cc1CN(C(=O)c1sc2c(F)ccc(F)c2c1C)C1CCC(N(C)C(=O)OC(C)(C)C)CC1. The molecule has 46 heavy (non-hydrogen) atoms. The molecule has 2 aromatic heterocycles. The van der Waals surface area contributed by atoms with Crippen LogP contribution in [-0.2, 0) is 11.3 Å². The van der Waals surface area contributed by atoms with Gasteiger partial charge in [0.15, 0.2) is 0 Å². The van der Waals surface area contributed by atoms with Crippen molar-refractivity contribution in [1.29, 1.82) is 0 Å². The van der Waals surface area contributed by atoms with E-state index in [0.29, 0.717) is 47.7 Å². The second-order valence-corrected chi connectivity index (χ2v) is 13.8. The highest BCUT2D eigenvalue weighted by Crippen LogP contribution is 2.38. The number of nitrogens with zero attached hydrogens (tertiary/aromatic N) is 3. The van der Waals surface area contributed by atoms with Gasteiger partial charge in [-0.05, 0) is 101 Å². The molecule has 0 unspecified atom stereocenters. The summed E-state index contributed by atoms with van der Waals surface area (Å²) in [5.74, 6) is -0.412. The van der Waals surface area contributed by atoms with Gasteiger partial charge in [0.05, 0.1) is 16.7 Å². The molecule has 244 valence electrons. The summed E-state index contributed by atoms with van der Waals surface area (Å²) in [5, 5.41) is 0.131. The largest absolute Gasteiger partial charge is 0.496 e. The average Bonchev–Trinajstić information content (AvgIpc) is 3.38. The third kappa shape index (κ3) is 6.94. The molecular weight excluding hydrogens is 610 g/mol. The van der Waals surface area contributed by atoms with Gasteiger partial charge < -0.3 is 25.0 Å². The van der Waals surface area contributed by atoms with E-state index in [4.69, 9.17) is 15.2 Å². The molecule has 0 spiro atoms. The van der Waals surface area contributed by atoms with Crippen molar-refractivity contribution in [3.8, 4) is 16.9 Å². The average molecular weight is 651 g/mol. The van der Waals surface area contributed by atoms with Crippen molar-refractivity contribution in [2.24, 2.45) is 0 Å². The van der Waals surface area contributed by atoms with Gasteiger partial charge in [0, 0.05) is 48.4 Å². The quantitative estimate of drug-likeness (QED) is 0.218. The number of carbonyl (C=O) groups excluding carboxylic acids is 2. The van der Waals surface area contributed by atoms with Crippen molar-refractivity contribution in [1.82, 2.24) is 14.8 Å². The van der Waals surface area contributed by atoms with E-state index in [9.17, 15) is 18.4 Å². The minimum atomic E-state index is -0.608. The highest BCUT2D eigenvalue weighted by molar-refractivity contribution is 7.21. The van der Waals surface area contributed by atoms with Crippen LogP contribution in [0.25, 0.3) is 21.2 Å². The van der Waals surface area contributed by atoms with Crippen molar-refractivity contribution in [3.63, 3.8) is 0 Å². The van der Waals surface area contributed by atoms with Crippen LogP contribution < -0.4 is 10.5 Å². The van der Waals surface area contributed by atoms with E-state index in [-0.39, 0.29) is 40.7 Å². The van der Waals surface area contributed by atoms with Crippen LogP contribution in [0.4, 0.5) is 19.4 Å². The Morgan fingerprint density at radius 1 is 1.00 bits per heavy atom. The normalized spacial score (nSPS) is 16.7. The van der Waals surface area contributed by atoms with Gasteiger partial charge in [0.25, 0.3) is 5.91 Å². The number of carbonyl (C=O) groups is 2. The van der Waals surface area contributed by atoms with Gasteiger partial charge in [-0.15, -0.1) is 11.3 Å². The third-order valence-electron chi connectivity index (χ3n) is 8.51. The molecule has 0 saturated heterocycles. The Hall–Kier alpha value is -4.25. The third-order valence-corrected chi connectivity index (χ3v) is 9.80. The summed E-state index contributed by atoms with van der Waals surface area (Å²) in [4.78, 5) is 35.2. The molecule has 2 aromatic carbocycles. The fourth-order valence-corrected chi connectivity index (χ4v) is 7.24. The van der Waals surface area contributed by atoms with E-state index in [1.807, 2.05) is 45.0 Å². The highest BCUT2D eigenvalue weighted by atomic mass is 32.1. The molecule has 4 aromatic rings. The van der Waals surface area contributed by atoms with Crippen LogP contribution in [0, 0.1) is 18.6 Å². The van der Waals surface area contributed by atoms with Gasteiger partial charge in [-0.25, -0.2) is 18.6 Å². The van der Waals surface area contributed by atoms with Gasteiger partial charge in [0.1, 0.15) is 28.8 Å². The molecule has 11 heteroatoms. The van der Waals surface area contributed by atoms with E-state index in [1.54, 1.807) is 43.1 Å². The number of pyridine rings is 1. The van der Waals surface area contributed by atoms with Crippen LogP contribution >= 0.6 is 11.3 Å². The topological polar surface area (TPSA) is 98.0 Å². The molecular formula is C35H40F2N4O4S. The Morgan fingerprint density at radius 2 is 1.65 bits per heavy atom. The molecule has 1 fully saturated rings. The first-order valence-corrected chi connectivity index (χ1v) is 16.1. The first-order valence-electron chi connectivity index (χ1n) is 15.3. The molecule has 0 atom stereocenters. The summed E-state index contributed by atoms with van der Waals surface area (Å²) in [7, 11) is 3.32. The Balaban J connectivity index is 1.49. The zero-order chi connectivity index (χ0) is 33.3. The van der Waals surface area contributed by atoms with E-state index in [1.165, 1.54) is 0 Å². The summed E-state index contributed by atoms with van der Waals surface area (Å²) < 4.78 is 41.1. The number of nitrogen functional groups attached to an aromatic ring is 1. The minimum Gasteiger partial charge on any atom is -0.496 e. The summed E-state index contributed by atoms with van der Waals surface area (Å²) in [6.45, 7) is 7.36. The number of amides is 2. The van der Waals surface area contributed by atoms with Gasteiger partial charge >= 0.3 is 6.09 Å². The molecule has 2 amide bonds. The Labute approximate surface area is 272 Å². The fraction of sp³-hybridized carbons (Fsp3) is 0.400. The van der Waals surface area contributed by atoms with Crippen LogP contribution in [0.2, 0.25) is 0 Å². The monoisotopic (exact) mass is 650 g/mol. The van der Waals surface area contributed by atoms with E-state index in [0.717, 1.165) is 40.2 Å². The van der Waals surface area contributed by atoms with E-state index in [2.05, 4.69) is 4.98 Å². The highest BCUT2D eigenvalue weighted by Gasteiger charge is 2.35. The van der Waals surface area contributed by atoms with Crippen molar-refractivity contribution in [3.05, 3.63) is 76.3 Å². The number of anilines is 1. The van der Waals surface area contributed by atoms with Crippen molar-refractivity contribution >= 4 is 39.2 Å². The molecule has 1 aliphatic carbocycles. The molecule has 5 rings (SSSR count). The maximum atomic E-state index is 14.9. The van der Waals surface area contributed by atoms with Crippen LogP contribution in [0.5, 0.6) is 5.75 Å². The first kappa shape index (κ1) is 33.1. The number of nitrogens with two attached hydrogens (primary N) is 1. The maximum Gasteiger partial charge on any atom is 0.410 e. The number of ether oxygens (including phenoxy) is 2. The molecule has 2 N–H and O–H groups in total. The zero-order valence-electron chi connectivity index (χ0n) is 27.0. The lowest BCUT2D eigenvalue weighted by atomic mass is 9.89. The zero-order valence-corrected chi connectivity index (χ0v) is 27.8. The number of benzene rings is 2. The van der Waals surface area contributed by atoms with E-state index < -0.39 is 17.2 Å². The van der Waals surface area contributed by atoms with Crippen molar-refractivity contribution < 1.29 is 27.8 Å². The Kier molecular flexibility index (Phi) is 9.53. The number of thiophene rings is 1. The number of rotatable bonds is 7. The predicted octanol–water partition coefficient (Wildman–Crippen LogP) is 7.96. The smallest absolute Gasteiger partial charge is 0.410 e. The number of aromatic nitrogens is 1. The lowest BCUT2D eigenvalue weighted by molar-refractivity contribution is 0.0144. The van der Waals surface area contributed by atoms with Crippen molar-refractivity contribution in [2.75, 3.05) is 19.9 Å². The number of methoxy groups -OCH3 is 1. The van der Waals surface area contributed by atoms with Gasteiger partial charge in [-0.2, -0.15) is 0 Å². The van der Waals surface area contributed by atoms with Gasteiger partial charge in [-0.1, -0.05) is 6.07 Å². The molecule has 0 bridgehead atoms. The molecule has 0 radical (unpaired) electrons. The van der Waals surface area contributed by atoms with Crippen LogP contribution in [0.3, 0.4) is 0 Å². The lowest BCUT2D eigenvalue weighted by Crippen LogP contribution is -2.47. The summed E-state index contributed by atoms with van der Waals surface area (Å²) in [6.07, 6.45) is 3.88. The maximum absolute atomic E-state index is 14.9. The van der Waals surface area contributed by atoms with E-state index >= 15 is 0 Å². The van der Waals surface area contributed by atoms with Crippen LogP contribution in [0.1, 0.15) is 67.3 Å². The lowest BCUT2D eigenvalue weighted by Gasteiger charge is -2.40. The molecule has 8 nitrogen and oxygen atoms in total. The molecule has 0 aliphatic heterocycles. The number of hydrogen-bond donors (Lipinski definition) is 1. The molecule has 2 heterocycles. The molecule has 1 aliphatic rings. The molecule has 1 saturated carbocycles. The summed E-state index contributed by atoms with van der Waals surface area (Å²) in [6, 6.07) is 11.3. The van der Waals surface area contributed by atoms with Gasteiger partial charge in [-0.3, -0.25) is 4.79 Å². The fourth-order valence-electron chi connectivity index (χ4n) is 6.06. The number of halogens is 2. The van der Waals surface area contributed by atoms with Crippen molar-refractivity contribution in [2.45, 2.75) is 77.6 Å². The summed E-state index contributed by atoms with van der Waals surface area (Å²) in [5.41, 5.74) is 8.11. The predicted molar refractivity (Wildman–Crippen MR) is 177 cm³/mol. The standard InChI is InChI=1S/C35H40F2N4O4S/c1-20-30-26(36)13-14-27(37)32(30)46-31(20)33(42)41(25-11-9-24(10-12-25)40(5)34(43)45-35(2,3)4)19-23-17-21(7-15-28(23)44-6)22-8-16-29(38)39-18-22/h7-8,13-18,24-25H,9-12,19H2,1-6H3,(H2,38,39). The Morgan fingerprint density at radius 3 is 2.26 bits per heavy atom. The van der Waals surface area contributed by atoms with Crippen LogP contribution in [-0.4, -0.2) is 58.6 Å².